The minimum Gasteiger partial charge on any atom is -0.389 e. The van der Waals surface area contributed by atoms with Crippen LogP contribution < -0.4 is 0 Å². The third-order valence-corrected chi connectivity index (χ3v) is 5.76. The van der Waals surface area contributed by atoms with Crippen LogP contribution in [0.4, 0.5) is 0 Å². The first-order valence-electron chi connectivity index (χ1n) is 8.40. The van der Waals surface area contributed by atoms with Gasteiger partial charge in [-0.25, -0.2) is 0 Å². The van der Waals surface area contributed by atoms with Gasteiger partial charge in [-0.15, -0.1) is 0 Å². The van der Waals surface area contributed by atoms with Crippen molar-refractivity contribution in [3.05, 3.63) is 35.4 Å². The number of nitriles is 1. The fourth-order valence-electron chi connectivity index (χ4n) is 4.68. The summed E-state index contributed by atoms with van der Waals surface area (Å²) in [6, 6.07) is 9.19. The number of carbonyl (C=O) groups is 2. The highest BCUT2D eigenvalue weighted by molar-refractivity contribution is 6.09. The second kappa shape index (κ2) is 4.90. The summed E-state index contributed by atoms with van der Waals surface area (Å²) in [5.41, 5.74) is 2.15. The van der Waals surface area contributed by atoms with Crippen molar-refractivity contribution in [3.8, 4) is 6.07 Å². The van der Waals surface area contributed by atoms with E-state index < -0.39 is 17.9 Å². The molecule has 2 amide bonds. The van der Waals surface area contributed by atoms with Crippen molar-refractivity contribution >= 4 is 17.5 Å². The van der Waals surface area contributed by atoms with Crippen LogP contribution in [-0.4, -0.2) is 47.3 Å². The molecule has 7 heteroatoms. The number of rotatable bonds is 2. The lowest BCUT2D eigenvalue weighted by Crippen LogP contribution is -2.45. The number of oxime groups is 1. The lowest BCUT2D eigenvalue weighted by molar-refractivity contribution is -0.142. The van der Waals surface area contributed by atoms with Gasteiger partial charge in [-0.2, -0.15) is 5.26 Å². The summed E-state index contributed by atoms with van der Waals surface area (Å²) in [5, 5.41) is 13.2. The van der Waals surface area contributed by atoms with Crippen molar-refractivity contribution in [2.45, 2.75) is 25.2 Å². The van der Waals surface area contributed by atoms with E-state index in [0.717, 1.165) is 11.3 Å². The highest BCUT2D eigenvalue weighted by atomic mass is 16.7. The van der Waals surface area contributed by atoms with Gasteiger partial charge < -0.3 is 9.57 Å². The van der Waals surface area contributed by atoms with Gasteiger partial charge in [0, 0.05) is 6.54 Å². The van der Waals surface area contributed by atoms with E-state index in [2.05, 4.69) is 11.2 Å². The molecule has 1 aromatic rings. The number of amides is 2. The highest BCUT2D eigenvalue weighted by Gasteiger charge is 2.71. The van der Waals surface area contributed by atoms with Crippen molar-refractivity contribution in [1.82, 2.24) is 4.90 Å². The molecule has 4 aliphatic heterocycles. The van der Waals surface area contributed by atoms with Crippen LogP contribution >= 0.6 is 0 Å². The lowest BCUT2D eigenvalue weighted by atomic mass is 9.71. The maximum atomic E-state index is 12.6. The number of hydrogen-bond acceptors (Lipinski definition) is 6. The summed E-state index contributed by atoms with van der Waals surface area (Å²) >= 11 is 0. The average molecular weight is 337 g/mol. The minimum absolute atomic E-state index is 0.144. The van der Waals surface area contributed by atoms with Gasteiger partial charge in [-0.05, 0) is 24.6 Å². The molecule has 5 rings (SSSR count). The average Bonchev–Trinajstić information content (AvgIpc) is 3.35. The molecule has 6 atom stereocenters. The monoisotopic (exact) mass is 337 g/mol. The highest BCUT2D eigenvalue weighted by Crippen LogP contribution is 2.54. The molecule has 4 aliphatic rings. The fraction of sp³-hybridized carbons (Fsp3) is 0.444. The van der Waals surface area contributed by atoms with Crippen molar-refractivity contribution in [2.75, 3.05) is 6.54 Å². The lowest BCUT2D eigenvalue weighted by Gasteiger charge is -2.26. The van der Waals surface area contributed by atoms with Crippen LogP contribution in [-0.2, 0) is 19.2 Å². The van der Waals surface area contributed by atoms with Crippen LogP contribution in [0.5, 0.6) is 0 Å². The molecule has 1 aromatic carbocycles. The predicted molar refractivity (Wildman–Crippen MR) is 84.1 cm³/mol. The number of carbonyl (C=O) groups excluding carboxylic acids is 2. The molecule has 0 aromatic heterocycles. The van der Waals surface area contributed by atoms with Gasteiger partial charge in [0.2, 0.25) is 11.8 Å². The molecule has 0 N–H and O–H groups in total. The van der Waals surface area contributed by atoms with E-state index >= 15 is 0 Å². The molecule has 0 unspecified atom stereocenters. The summed E-state index contributed by atoms with van der Waals surface area (Å²) in [6.45, 7) is 2.19. The summed E-state index contributed by atoms with van der Waals surface area (Å²) in [6.07, 6.45) is -1.14. The van der Waals surface area contributed by atoms with E-state index in [0.29, 0.717) is 12.1 Å². The van der Waals surface area contributed by atoms with E-state index in [4.69, 9.17) is 14.8 Å². The van der Waals surface area contributed by atoms with E-state index in [9.17, 15) is 9.59 Å². The van der Waals surface area contributed by atoms with Gasteiger partial charge in [0.1, 0.15) is 6.10 Å². The zero-order chi connectivity index (χ0) is 17.3. The second-order valence-electron chi connectivity index (χ2n) is 6.80. The molecule has 7 nitrogen and oxygen atoms in total. The van der Waals surface area contributed by atoms with E-state index in [1.54, 1.807) is 19.1 Å². The van der Waals surface area contributed by atoms with Crippen molar-refractivity contribution in [2.24, 2.45) is 22.9 Å². The molecule has 0 radical (unpaired) electrons. The minimum atomic E-state index is -0.450. The molecule has 0 spiro atoms. The topological polar surface area (TPSA) is 92.0 Å². The first-order chi connectivity index (χ1) is 12.2. The Morgan fingerprint density at radius 2 is 1.76 bits per heavy atom. The van der Waals surface area contributed by atoms with Crippen molar-refractivity contribution in [1.29, 1.82) is 5.26 Å². The van der Waals surface area contributed by atoms with Crippen LogP contribution in [0.25, 0.3) is 0 Å². The van der Waals surface area contributed by atoms with Crippen LogP contribution in [0, 0.1) is 29.1 Å². The van der Waals surface area contributed by atoms with Gasteiger partial charge in [0.15, 0.2) is 6.10 Å². The first-order valence-corrected chi connectivity index (χ1v) is 8.40. The normalized spacial score (nSPS) is 37.6. The smallest absolute Gasteiger partial charge is 0.235 e. The van der Waals surface area contributed by atoms with Crippen LogP contribution in [0.15, 0.2) is 29.4 Å². The second-order valence-corrected chi connectivity index (χ2v) is 6.80. The van der Waals surface area contributed by atoms with E-state index in [1.807, 2.05) is 12.1 Å². The van der Waals surface area contributed by atoms with Gasteiger partial charge in [0.25, 0.3) is 0 Å². The number of nitrogens with zero attached hydrogens (tertiary/aromatic N) is 3. The Morgan fingerprint density at radius 1 is 1.08 bits per heavy atom. The molecule has 3 saturated heterocycles. The molecule has 0 aliphatic carbocycles. The Kier molecular flexibility index (Phi) is 2.86. The number of ether oxygens (including phenoxy) is 1. The SMILES string of the molecule is CCN1C(=O)[C@@H]2[C@H]3O[C@@H]([C@H]4ON=C(c5ccc(C#N)cc5)[C@@H]43)[C@@H]2C1=O. The van der Waals surface area contributed by atoms with Crippen molar-refractivity contribution < 1.29 is 19.2 Å². The summed E-state index contributed by atoms with van der Waals surface area (Å²) in [5.74, 6) is -1.35. The molecule has 0 saturated carbocycles. The standard InChI is InChI=1S/C18H15N3O4/c1-2-21-17(22)10-11(18(21)23)15-16-12(14(10)24-15)13(20-25-16)9-5-3-8(7-19)4-6-9/h3-6,10-12,14-16H,2H2,1H3/t10-,11+,12+,14+,15+,16-/m0/s1. The van der Waals surface area contributed by atoms with Crippen LogP contribution in [0.3, 0.4) is 0 Å². The molecule has 2 bridgehead atoms. The van der Waals surface area contributed by atoms with E-state index in [1.165, 1.54) is 4.90 Å². The maximum Gasteiger partial charge on any atom is 0.235 e. The van der Waals surface area contributed by atoms with Gasteiger partial charge in [-0.3, -0.25) is 14.5 Å². The van der Waals surface area contributed by atoms with Gasteiger partial charge in [-0.1, -0.05) is 17.3 Å². The molecular formula is C18H15N3O4. The molecule has 126 valence electrons. The molecule has 3 fully saturated rings. The Bertz CT molecular complexity index is 856. The van der Waals surface area contributed by atoms with E-state index in [-0.39, 0.29) is 29.9 Å². The third kappa shape index (κ3) is 1.70. The number of hydrogen-bond donors (Lipinski definition) is 0. The zero-order valence-electron chi connectivity index (χ0n) is 13.5. The van der Waals surface area contributed by atoms with Gasteiger partial charge in [0.05, 0.1) is 41.2 Å². The zero-order valence-corrected chi connectivity index (χ0v) is 13.5. The summed E-state index contributed by atoms with van der Waals surface area (Å²) < 4.78 is 6.01. The van der Waals surface area contributed by atoms with Crippen molar-refractivity contribution in [3.63, 3.8) is 0 Å². The summed E-state index contributed by atoms with van der Waals surface area (Å²) in [7, 11) is 0. The summed E-state index contributed by atoms with van der Waals surface area (Å²) in [4.78, 5) is 32.1. The van der Waals surface area contributed by atoms with Gasteiger partial charge >= 0.3 is 0 Å². The Balaban J connectivity index is 1.49. The fourth-order valence-corrected chi connectivity index (χ4v) is 4.68. The number of fused-ring (bicyclic) bond motifs is 8. The van der Waals surface area contributed by atoms with Crippen LogP contribution in [0.2, 0.25) is 0 Å². The molecule has 25 heavy (non-hydrogen) atoms. The number of likely N-dealkylation sites (tertiary alicyclic amines) is 1. The number of imide groups is 1. The largest absolute Gasteiger partial charge is 0.389 e. The quantitative estimate of drug-likeness (QED) is 0.740. The Morgan fingerprint density at radius 3 is 2.40 bits per heavy atom. The Hall–Kier alpha value is -2.72. The molecular weight excluding hydrogens is 322 g/mol. The third-order valence-electron chi connectivity index (χ3n) is 5.76. The maximum absolute atomic E-state index is 12.6. The first kappa shape index (κ1) is 14.6. The van der Waals surface area contributed by atoms with Crippen LogP contribution in [0.1, 0.15) is 18.1 Å². The Labute approximate surface area is 143 Å². The number of benzene rings is 1. The molecule has 4 heterocycles. The predicted octanol–water partition coefficient (Wildman–Crippen LogP) is 0.679.